The third-order valence-electron chi connectivity index (χ3n) is 2.13. The number of rotatable bonds is 1. The SMILES string of the molecule is [C-]#[N+]C1CCCCN1CC. The third-order valence-corrected chi connectivity index (χ3v) is 2.13. The van der Waals surface area contributed by atoms with Gasteiger partial charge in [-0.25, -0.2) is 11.5 Å². The molecule has 0 amide bonds. The Labute approximate surface area is 62.7 Å². The molecule has 0 aromatic rings. The Balaban J connectivity index is 2.44. The summed E-state index contributed by atoms with van der Waals surface area (Å²) in [5, 5.41) is 0. The molecule has 1 aliphatic rings. The van der Waals surface area contributed by atoms with E-state index in [2.05, 4.69) is 16.7 Å². The van der Waals surface area contributed by atoms with Gasteiger partial charge in [0.1, 0.15) is 0 Å². The van der Waals surface area contributed by atoms with Crippen molar-refractivity contribution in [3.63, 3.8) is 0 Å². The first kappa shape index (κ1) is 7.56. The fourth-order valence-electron chi connectivity index (χ4n) is 1.49. The zero-order valence-corrected chi connectivity index (χ0v) is 6.51. The highest BCUT2D eigenvalue weighted by molar-refractivity contribution is 4.82. The smallest absolute Gasteiger partial charge is 0.279 e. The van der Waals surface area contributed by atoms with Crippen LogP contribution in [0.25, 0.3) is 4.85 Å². The number of nitrogens with zero attached hydrogens (tertiary/aromatic N) is 2. The van der Waals surface area contributed by atoms with Crippen LogP contribution >= 0.6 is 0 Å². The molecule has 0 aliphatic carbocycles. The quantitative estimate of drug-likeness (QED) is 0.501. The lowest BCUT2D eigenvalue weighted by atomic mass is 10.1. The van der Waals surface area contributed by atoms with E-state index in [1.165, 1.54) is 12.8 Å². The van der Waals surface area contributed by atoms with Crippen LogP contribution in [0.1, 0.15) is 26.2 Å². The van der Waals surface area contributed by atoms with Gasteiger partial charge in [0, 0.05) is 19.5 Å². The Morgan fingerprint density at radius 1 is 1.60 bits per heavy atom. The van der Waals surface area contributed by atoms with Crippen LogP contribution in [0.3, 0.4) is 0 Å². The number of hydrogen-bond donors (Lipinski definition) is 0. The van der Waals surface area contributed by atoms with Crippen LogP contribution < -0.4 is 0 Å². The zero-order chi connectivity index (χ0) is 7.40. The second kappa shape index (κ2) is 3.58. The van der Waals surface area contributed by atoms with E-state index in [9.17, 15) is 0 Å². The van der Waals surface area contributed by atoms with Crippen molar-refractivity contribution in [2.45, 2.75) is 32.4 Å². The van der Waals surface area contributed by atoms with Gasteiger partial charge in [-0.2, -0.15) is 0 Å². The molecule has 0 spiro atoms. The predicted octanol–water partition coefficient (Wildman–Crippen LogP) is 1.74. The molecule has 2 heteroatoms. The third kappa shape index (κ3) is 1.48. The van der Waals surface area contributed by atoms with E-state index in [-0.39, 0.29) is 6.17 Å². The second-order valence-corrected chi connectivity index (χ2v) is 2.73. The summed E-state index contributed by atoms with van der Waals surface area (Å²) in [6.07, 6.45) is 3.79. The van der Waals surface area contributed by atoms with Gasteiger partial charge in [-0.3, -0.25) is 4.85 Å². The molecule has 56 valence electrons. The van der Waals surface area contributed by atoms with Crippen LogP contribution in [0.4, 0.5) is 0 Å². The van der Waals surface area contributed by atoms with Gasteiger partial charge in [-0.1, -0.05) is 6.92 Å². The minimum absolute atomic E-state index is 0.193. The molecule has 1 fully saturated rings. The summed E-state index contributed by atoms with van der Waals surface area (Å²) in [6.45, 7) is 11.2. The lowest BCUT2D eigenvalue weighted by Gasteiger charge is -2.25. The number of hydrogen-bond acceptors (Lipinski definition) is 1. The Kier molecular flexibility index (Phi) is 2.70. The average molecular weight is 138 g/mol. The molecule has 1 heterocycles. The summed E-state index contributed by atoms with van der Waals surface area (Å²) in [5.41, 5.74) is 0. The molecule has 2 nitrogen and oxygen atoms in total. The second-order valence-electron chi connectivity index (χ2n) is 2.73. The average Bonchev–Trinajstić information content (AvgIpc) is 2.04. The van der Waals surface area contributed by atoms with Crippen LogP contribution in [-0.4, -0.2) is 24.2 Å². The molecule has 0 N–H and O–H groups in total. The Morgan fingerprint density at radius 3 is 2.90 bits per heavy atom. The summed E-state index contributed by atoms with van der Waals surface area (Å²) in [7, 11) is 0. The molecule has 1 aliphatic heterocycles. The van der Waals surface area contributed by atoms with Crippen LogP contribution in [0.5, 0.6) is 0 Å². The van der Waals surface area contributed by atoms with E-state index in [0.717, 1.165) is 19.5 Å². The topological polar surface area (TPSA) is 7.60 Å². The molecule has 0 bridgehead atoms. The molecule has 1 atom stereocenters. The minimum atomic E-state index is 0.193. The zero-order valence-electron chi connectivity index (χ0n) is 6.51. The summed E-state index contributed by atoms with van der Waals surface area (Å²) in [4.78, 5) is 5.84. The van der Waals surface area contributed by atoms with Crippen molar-refractivity contribution >= 4 is 0 Å². The van der Waals surface area contributed by atoms with E-state index < -0.39 is 0 Å². The van der Waals surface area contributed by atoms with Crippen molar-refractivity contribution in [2.75, 3.05) is 13.1 Å². The van der Waals surface area contributed by atoms with Crippen molar-refractivity contribution in [1.29, 1.82) is 0 Å². The first-order chi connectivity index (χ1) is 4.88. The van der Waals surface area contributed by atoms with Gasteiger partial charge >= 0.3 is 0 Å². The standard InChI is InChI=1S/C8H14N2/c1-3-10-7-5-4-6-8(10)9-2/h8H,3-7H2,1H3. The van der Waals surface area contributed by atoms with E-state index in [4.69, 9.17) is 6.57 Å². The van der Waals surface area contributed by atoms with Crippen molar-refractivity contribution in [1.82, 2.24) is 4.90 Å². The first-order valence-electron chi connectivity index (χ1n) is 3.99. The van der Waals surface area contributed by atoms with Crippen molar-refractivity contribution in [2.24, 2.45) is 0 Å². The van der Waals surface area contributed by atoms with Gasteiger partial charge in [-0.15, -0.1) is 0 Å². The highest BCUT2D eigenvalue weighted by Crippen LogP contribution is 2.16. The molecular weight excluding hydrogens is 124 g/mol. The molecule has 0 aromatic heterocycles. The van der Waals surface area contributed by atoms with Gasteiger partial charge < -0.3 is 0 Å². The maximum Gasteiger partial charge on any atom is 0.279 e. The van der Waals surface area contributed by atoms with Gasteiger partial charge in [-0.05, 0) is 12.8 Å². The first-order valence-corrected chi connectivity index (χ1v) is 3.99. The Bertz CT molecular complexity index is 137. The molecule has 1 rings (SSSR count). The maximum atomic E-state index is 6.91. The molecule has 1 saturated heterocycles. The normalized spacial score (nSPS) is 27.8. The van der Waals surface area contributed by atoms with Crippen LogP contribution in [0.15, 0.2) is 0 Å². The molecule has 10 heavy (non-hydrogen) atoms. The van der Waals surface area contributed by atoms with Gasteiger partial charge in [0.15, 0.2) is 0 Å². The fourth-order valence-corrected chi connectivity index (χ4v) is 1.49. The largest absolute Gasteiger partial charge is 0.296 e. The van der Waals surface area contributed by atoms with Gasteiger partial charge in [0.25, 0.3) is 6.17 Å². The highest BCUT2D eigenvalue weighted by atomic mass is 15.2. The van der Waals surface area contributed by atoms with Crippen molar-refractivity contribution < 1.29 is 0 Å². The monoisotopic (exact) mass is 138 g/mol. The summed E-state index contributed by atoms with van der Waals surface area (Å²) in [5.74, 6) is 0. The number of piperidine rings is 1. The van der Waals surface area contributed by atoms with Gasteiger partial charge in [0.05, 0.1) is 0 Å². The summed E-state index contributed by atoms with van der Waals surface area (Å²) in [6, 6.07) is 0. The maximum absolute atomic E-state index is 6.91. The van der Waals surface area contributed by atoms with E-state index in [0.29, 0.717) is 0 Å². The lowest BCUT2D eigenvalue weighted by Crippen LogP contribution is -2.36. The van der Waals surface area contributed by atoms with Crippen molar-refractivity contribution in [3.05, 3.63) is 11.4 Å². The molecule has 0 radical (unpaired) electrons. The molecule has 0 saturated carbocycles. The predicted molar refractivity (Wildman–Crippen MR) is 41.5 cm³/mol. The van der Waals surface area contributed by atoms with Crippen LogP contribution in [0, 0.1) is 6.57 Å². The summed E-state index contributed by atoms with van der Waals surface area (Å²) >= 11 is 0. The minimum Gasteiger partial charge on any atom is -0.296 e. The number of likely N-dealkylation sites (tertiary alicyclic amines) is 1. The Hall–Kier alpha value is -0.550. The fraction of sp³-hybridized carbons (Fsp3) is 0.875. The Morgan fingerprint density at radius 2 is 2.40 bits per heavy atom. The van der Waals surface area contributed by atoms with E-state index in [1.54, 1.807) is 0 Å². The summed E-state index contributed by atoms with van der Waals surface area (Å²) < 4.78 is 0. The lowest BCUT2D eigenvalue weighted by molar-refractivity contribution is 0.188. The highest BCUT2D eigenvalue weighted by Gasteiger charge is 2.24. The van der Waals surface area contributed by atoms with Gasteiger partial charge in [0.2, 0.25) is 0 Å². The van der Waals surface area contributed by atoms with Crippen LogP contribution in [-0.2, 0) is 0 Å². The molecule has 0 aromatic carbocycles. The van der Waals surface area contributed by atoms with E-state index in [1.807, 2.05) is 0 Å². The van der Waals surface area contributed by atoms with E-state index >= 15 is 0 Å². The van der Waals surface area contributed by atoms with Crippen molar-refractivity contribution in [3.8, 4) is 0 Å². The van der Waals surface area contributed by atoms with Crippen LogP contribution in [0.2, 0.25) is 0 Å². The molecular formula is C8H14N2. The molecule has 1 unspecified atom stereocenters.